The van der Waals surface area contributed by atoms with Gasteiger partial charge in [-0.2, -0.15) is 0 Å². The van der Waals surface area contributed by atoms with Crippen LogP contribution in [-0.2, 0) is 0 Å². The van der Waals surface area contributed by atoms with Gasteiger partial charge in [0.1, 0.15) is 11.2 Å². The van der Waals surface area contributed by atoms with Crippen molar-refractivity contribution >= 4 is 133 Å². The largest absolute Gasteiger partial charge is 0.452 e. The Kier molecular flexibility index (Phi) is 8.64. The van der Waals surface area contributed by atoms with E-state index in [4.69, 9.17) is 17.7 Å². The van der Waals surface area contributed by atoms with Crippen LogP contribution in [0.3, 0.4) is 0 Å². The Bertz CT molecular complexity index is 4560. The van der Waals surface area contributed by atoms with Gasteiger partial charge in [0.25, 0.3) is 0 Å². The van der Waals surface area contributed by atoms with Crippen molar-refractivity contribution < 1.29 is 17.7 Å². The Morgan fingerprint density at radius 2 is 0.608 bits per heavy atom. The topological polar surface area (TPSA) is 59.0 Å². The highest BCUT2D eigenvalue weighted by molar-refractivity contribution is 6.29. The van der Waals surface area contributed by atoms with Crippen LogP contribution in [0.2, 0.25) is 0 Å². The third-order valence-corrected chi connectivity index (χ3v) is 15.0. The predicted octanol–water partition coefficient (Wildman–Crippen LogP) is 20.1. The number of hydrogen-bond acceptors (Lipinski definition) is 6. The first kappa shape index (κ1) is 40.7. The predicted molar refractivity (Wildman–Crippen MR) is 304 cm³/mol. The highest BCUT2D eigenvalue weighted by Gasteiger charge is 2.28. The van der Waals surface area contributed by atoms with Crippen LogP contribution in [0.25, 0.3) is 121 Å². The van der Waals surface area contributed by atoms with Crippen LogP contribution in [0, 0.1) is 0 Å². The van der Waals surface area contributed by atoms with Gasteiger partial charge in [-0.25, -0.2) is 0 Å². The van der Waals surface area contributed by atoms with Crippen molar-refractivity contribution in [2.45, 2.75) is 0 Å². The first-order valence-electron chi connectivity index (χ1n) is 25.0. The maximum atomic E-state index is 6.97. The van der Waals surface area contributed by atoms with Crippen molar-refractivity contribution in [3.8, 4) is 22.3 Å². The first-order chi connectivity index (χ1) is 36.7. The summed E-state index contributed by atoms with van der Waals surface area (Å²) in [7, 11) is 0. The minimum absolute atomic E-state index is 0.745. The van der Waals surface area contributed by atoms with E-state index in [-0.39, 0.29) is 0 Å². The Labute approximate surface area is 423 Å². The van der Waals surface area contributed by atoms with E-state index in [1.807, 2.05) is 36.4 Å². The molecule has 0 saturated carbocycles. The van der Waals surface area contributed by atoms with Gasteiger partial charge in [-0.15, -0.1) is 0 Å². The van der Waals surface area contributed by atoms with Gasteiger partial charge in [-0.05, 0) is 129 Å². The maximum absolute atomic E-state index is 6.97. The summed E-state index contributed by atoms with van der Waals surface area (Å²) in [5, 5.41) is 10.6. The van der Waals surface area contributed by atoms with Gasteiger partial charge in [-0.3, -0.25) is 0 Å². The highest BCUT2D eigenvalue weighted by atomic mass is 16.4. The van der Waals surface area contributed by atoms with Crippen molar-refractivity contribution in [3.63, 3.8) is 0 Å². The average molecular weight is 949 g/mol. The van der Waals surface area contributed by atoms with E-state index in [0.29, 0.717) is 0 Å². The molecule has 0 amide bonds. The lowest BCUT2D eigenvalue weighted by Crippen LogP contribution is -2.12. The summed E-state index contributed by atoms with van der Waals surface area (Å²) in [4.78, 5) is 4.73. The van der Waals surface area contributed by atoms with Crippen molar-refractivity contribution in [1.29, 1.82) is 0 Å². The van der Waals surface area contributed by atoms with Gasteiger partial charge in [0.05, 0.1) is 44.3 Å². The summed E-state index contributed by atoms with van der Waals surface area (Å²) in [6, 6.07) is 85.8. The summed E-state index contributed by atoms with van der Waals surface area (Å²) in [5.74, 6) is 0. The number of rotatable bonds is 8. The summed E-state index contributed by atoms with van der Waals surface area (Å²) in [6.45, 7) is 0. The van der Waals surface area contributed by atoms with E-state index >= 15 is 0 Å². The molecule has 6 nitrogen and oxygen atoms in total. The number of furan rings is 4. The van der Waals surface area contributed by atoms with Crippen LogP contribution in [0.5, 0.6) is 0 Å². The molecule has 0 spiro atoms. The molecule has 346 valence electrons. The Morgan fingerprint density at radius 3 is 1.08 bits per heavy atom. The van der Waals surface area contributed by atoms with Crippen molar-refractivity contribution in [1.82, 2.24) is 0 Å². The van der Waals surface area contributed by atoms with Gasteiger partial charge in [0.15, 0.2) is 33.5 Å². The van der Waals surface area contributed by atoms with Gasteiger partial charge < -0.3 is 27.5 Å². The first-order valence-corrected chi connectivity index (χ1v) is 25.0. The molecule has 0 aliphatic rings. The monoisotopic (exact) mass is 948 g/mol. The molecule has 16 aromatic rings. The molecule has 4 heterocycles. The number of fused-ring (bicyclic) bond motifs is 10. The molecule has 12 aromatic carbocycles. The molecule has 6 heteroatoms. The second-order valence-corrected chi connectivity index (χ2v) is 19.1. The lowest BCUT2D eigenvalue weighted by Gasteiger charge is -2.29. The van der Waals surface area contributed by atoms with E-state index in [1.54, 1.807) is 0 Å². The Morgan fingerprint density at radius 1 is 0.230 bits per heavy atom. The van der Waals surface area contributed by atoms with Crippen molar-refractivity contribution in [3.05, 3.63) is 243 Å². The Balaban J connectivity index is 0.952. The fourth-order valence-corrected chi connectivity index (χ4v) is 11.7. The summed E-state index contributed by atoms with van der Waals surface area (Å²) in [6.07, 6.45) is 0. The zero-order chi connectivity index (χ0) is 48.4. The second kappa shape index (κ2) is 15.7. The summed E-state index contributed by atoms with van der Waals surface area (Å²) >= 11 is 0. The van der Waals surface area contributed by atoms with Gasteiger partial charge in [0.2, 0.25) is 0 Å². The standard InChI is InChI=1S/C68H40N2O4/c1-3-15-41(16-4-1)45-19-11-21-47(39-45)69(57-27-13-25-53-63(57)73-65-51-23-7-9-29-59(51)71-67(53)65)55-37-33-43-32-36-50-56(38-34-44-31-35-49(55)61(43)62(44)50)70(48-22-12-20-46(40-48)42-17-5-2-6-18-42)58-28-14-26-54-64(58)74-66-52-24-8-10-30-60(52)72-68(54)66/h1-40H. The zero-order valence-electron chi connectivity index (χ0n) is 39.6. The van der Waals surface area contributed by atoms with Crippen LogP contribution >= 0.6 is 0 Å². The molecule has 74 heavy (non-hydrogen) atoms. The molecular weight excluding hydrogens is 909 g/mol. The van der Waals surface area contributed by atoms with Crippen molar-refractivity contribution in [2.75, 3.05) is 9.80 Å². The molecule has 0 aliphatic heterocycles. The van der Waals surface area contributed by atoms with E-state index in [0.717, 1.165) is 144 Å². The molecule has 0 atom stereocenters. The number of anilines is 6. The lowest BCUT2D eigenvalue weighted by molar-refractivity contribution is 0.653. The van der Waals surface area contributed by atoms with Gasteiger partial charge in [-0.1, -0.05) is 158 Å². The minimum atomic E-state index is 0.745. The number of hydrogen-bond donors (Lipinski definition) is 0. The van der Waals surface area contributed by atoms with Crippen LogP contribution in [0.4, 0.5) is 34.1 Å². The lowest BCUT2D eigenvalue weighted by atomic mass is 9.91. The molecule has 0 bridgehead atoms. The molecular formula is C68H40N2O4. The third-order valence-electron chi connectivity index (χ3n) is 15.0. The van der Waals surface area contributed by atoms with Crippen LogP contribution < -0.4 is 9.80 Å². The average Bonchev–Trinajstić information content (AvgIpc) is 4.23. The molecule has 4 aromatic heterocycles. The van der Waals surface area contributed by atoms with E-state index < -0.39 is 0 Å². The SMILES string of the molecule is c1ccc(-c2cccc(N(c3ccc4ccc5c(N(c6cccc(-c7ccccc7)c6)c6cccc7c6oc6c8ccccc8oc76)ccc6ccc3c4c65)c3cccc4c3oc3c5ccccc5oc43)c2)cc1. The molecule has 0 fully saturated rings. The molecule has 0 aliphatic carbocycles. The van der Waals surface area contributed by atoms with Crippen LogP contribution in [0.15, 0.2) is 260 Å². The quantitative estimate of drug-likeness (QED) is 0.141. The maximum Gasteiger partial charge on any atom is 0.181 e. The van der Waals surface area contributed by atoms with Gasteiger partial charge in [0, 0.05) is 22.1 Å². The van der Waals surface area contributed by atoms with Crippen LogP contribution in [-0.4, -0.2) is 0 Å². The van der Waals surface area contributed by atoms with Crippen LogP contribution in [0.1, 0.15) is 0 Å². The highest BCUT2D eigenvalue weighted by Crippen LogP contribution is 2.52. The van der Waals surface area contributed by atoms with Gasteiger partial charge >= 0.3 is 0 Å². The Hall–Kier alpha value is -10.0. The summed E-state index contributed by atoms with van der Waals surface area (Å²) < 4.78 is 27.0. The summed E-state index contributed by atoms with van der Waals surface area (Å²) in [5.41, 5.74) is 16.5. The van der Waals surface area contributed by atoms with E-state index in [9.17, 15) is 0 Å². The smallest absolute Gasteiger partial charge is 0.181 e. The number of nitrogens with zero attached hydrogens (tertiary/aromatic N) is 2. The molecule has 0 radical (unpaired) electrons. The molecule has 0 N–H and O–H groups in total. The molecule has 0 saturated heterocycles. The second-order valence-electron chi connectivity index (χ2n) is 19.1. The van der Waals surface area contributed by atoms with E-state index in [2.05, 4.69) is 216 Å². The number of benzene rings is 12. The van der Waals surface area contributed by atoms with E-state index in [1.165, 1.54) is 10.8 Å². The van der Waals surface area contributed by atoms with Crippen molar-refractivity contribution in [2.24, 2.45) is 0 Å². The normalized spacial score (nSPS) is 12.1. The minimum Gasteiger partial charge on any atom is -0.452 e. The third kappa shape index (κ3) is 6.00. The molecule has 16 rings (SSSR count). The fraction of sp³-hybridized carbons (Fsp3) is 0. The molecule has 0 unspecified atom stereocenters. The zero-order valence-corrected chi connectivity index (χ0v) is 39.6. The number of para-hydroxylation sites is 4. The fourth-order valence-electron chi connectivity index (χ4n) is 11.7.